The van der Waals surface area contributed by atoms with E-state index in [1.165, 1.54) is 14.0 Å². The van der Waals surface area contributed by atoms with Crippen molar-refractivity contribution in [1.29, 1.82) is 0 Å². The molecule has 0 amide bonds. The maximum Gasteiger partial charge on any atom is 0.348 e. The van der Waals surface area contributed by atoms with Crippen LogP contribution in [-0.2, 0) is 19.6 Å². The molecule has 0 fully saturated rings. The van der Waals surface area contributed by atoms with Gasteiger partial charge in [0.1, 0.15) is 15.8 Å². The number of thiophene rings is 1. The van der Waals surface area contributed by atoms with Gasteiger partial charge in [-0.2, -0.15) is 4.72 Å². The topological polar surface area (TPSA) is 110 Å². The fourth-order valence-electron chi connectivity index (χ4n) is 1.08. The number of sulfonamides is 1. The van der Waals surface area contributed by atoms with E-state index < -0.39 is 28.0 Å². The fraction of sp³-hybridized carbons (Fsp3) is 0.333. The third kappa shape index (κ3) is 3.75. The molecule has 0 radical (unpaired) electrons. The predicted octanol–water partition coefficient (Wildman–Crippen LogP) is 1.05. The average molecular weight is 372 g/mol. The van der Waals surface area contributed by atoms with Gasteiger partial charge in [-0.3, -0.25) is 4.79 Å². The van der Waals surface area contributed by atoms with Gasteiger partial charge in [0, 0.05) is 0 Å². The van der Waals surface area contributed by atoms with E-state index in [9.17, 15) is 18.0 Å². The smallest absolute Gasteiger partial charge is 0.348 e. The molecule has 1 rings (SSSR count). The zero-order valence-electron chi connectivity index (χ0n) is 9.84. The van der Waals surface area contributed by atoms with E-state index in [2.05, 4.69) is 20.7 Å². The molecule has 10 heteroatoms. The van der Waals surface area contributed by atoms with Crippen LogP contribution in [-0.4, -0.2) is 38.6 Å². The molecule has 2 N–H and O–H groups in total. The number of rotatable bonds is 5. The second-order valence-electron chi connectivity index (χ2n) is 3.42. The van der Waals surface area contributed by atoms with Gasteiger partial charge in [-0.25, -0.2) is 13.2 Å². The number of esters is 1. The summed E-state index contributed by atoms with van der Waals surface area (Å²) in [7, 11) is -2.86. The van der Waals surface area contributed by atoms with Crippen LogP contribution in [0.1, 0.15) is 16.6 Å². The van der Waals surface area contributed by atoms with E-state index in [0.29, 0.717) is 0 Å². The zero-order chi connectivity index (χ0) is 14.8. The number of carboxylic acids is 1. The molecule has 0 unspecified atom stereocenters. The first-order valence-electron chi connectivity index (χ1n) is 4.82. The van der Waals surface area contributed by atoms with Gasteiger partial charge < -0.3 is 9.84 Å². The molecule has 1 atom stereocenters. The number of carbonyl (C=O) groups excluding carboxylic acids is 1. The highest BCUT2D eigenvalue weighted by molar-refractivity contribution is 9.11. The quantitative estimate of drug-likeness (QED) is 0.748. The van der Waals surface area contributed by atoms with Crippen LogP contribution in [0.4, 0.5) is 0 Å². The van der Waals surface area contributed by atoms with Crippen LogP contribution in [0.15, 0.2) is 14.7 Å². The Labute approximate surface area is 121 Å². The maximum absolute atomic E-state index is 11.9. The number of nitrogens with one attached hydrogen (secondary N) is 1. The Morgan fingerprint density at radius 1 is 1.53 bits per heavy atom. The number of halogens is 1. The Kier molecular flexibility index (Phi) is 5.07. The summed E-state index contributed by atoms with van der Waals surface area (Å²) in [6, 6.07) is -0.157. The number of carbonyl (C=O) groups is 2. The summed E-state index contributed by atoms with van der Waals surface area (Å²) in [6.07, 6.45) is 0. The lowest BCUT2D eigenvalue weighted by molar-refractivity contribution is -0.138. The van der Waals surface area contributed by atoms with Crippen molar-refractivity contribution in [3.8, 4) is 0 Å². The molecule has 0 saturated heterocycles. The first-order valence-corrected chi connectivity index (χ1v) is 7.91. The summed E-state index contributed by atoms with van der Waals surface area (Å²) in [5.74, 6) is -1.97. The predicted molar refractivity (Wildman–Crippen MR) is 70.8 cm³/mol. The van der Waals surface area contributed by atoms with Crippen LogP contribution >= 0.6 is 27.3 Å². The second-order valence-corrected chi connectivity index (χ2v) is 7.47. The first kappa shape index (κ1) is 16.1. The van der Waals surface area contributed by atoms with Crippen LogP contribution in [0.25, 0.3) is 0 Å². The van der Waals surface area contributed by atoms with Crippen molar-refractivity contribution in [2.24, 2.45) is 0 Å². The van der Waals surface area contributed by atoms with E-state index in [1.54, 1.807) is 0 Å². The molecule has 1 heterocycles. The monoisotopic (exact) mass is 371 g/mol. The number of hydrogen-bond donors (Lipinski definition) is 2. The van der Waals surface area contributed by atoms with Crippen molar-refractivity contribution in [2.45, 2.75) is 17.9 Å². The summed E-state index contributed by atoms with van der Waals surface area (Å²) in [6.45, 7) is 1.20. The van der Waals surface area contributed by atoms with Crippen LogP contribution in [0, 0.1) is 0 Å². The van der Waals surface area contributed by atoms with E-state index in [-0.39, 0.29) is 13.6 Å². The van der Waals surface area contributed by atoms with Crippen molar-refractivity contribution in [3.05, 3.63) is 14.7 Å². The van der Waals surface area contributed by atoms with Crippen LogP contribution in [0.5, 0.6) is 0 Å². The number of methoxy groups -OCH3 is 1. The van der Waals surface area contributed by atoms with E-state index in [0.717, 1.165) is 17.4 Å². The normalized spacial score (nSPS) is 13.0. The summed E-state index contributed by atoms with van der Waals surface area (Å²) in [5, 5.41) is 8.68. The first-order chi connectivity index (χ1) is 8.69. The van der Waals surface area contributed by atoms with Crippen molar-refractivity contribution in [1.82, 2.24) is 4.72 Å². The van der Waals surface area contributed by atoms with Crippen LogP contribution < -0.4 is 4.72 Å². The lowest BCUT2D eigenvalue weighted by atomic mass is 10.4. The molecule has 1 aromatic heterocycles. The molecule has 106 valence electrons. The molecule has 0 aliphatic rings. The van der Waals surface area contributed by atoms with E-state index in [4.69, 9.17) is 5.11 Å². The third-order valence-corrected chi connectivity index (χ3v) is 5.81. The van der Waals surface area contributed by atoms with Gasteiger partial charge in [0.2, 0.25) is 10.0 Å². The highest BCUT2D eigenvalue weighted by Crippen LogP contribution is 2.32. The summed E-state index contributed by atoms with van der Waals surface area (Å²) >= 11 is 3.91. The standard InChI is InChI=1S/C9H10BrNO6S2/c1-4(8(12)13)11-19(15,16)6-3-5(9(14)17-2)18-7(6)10/h3-4,11H,1-2H3,(H,12,13)/t4-/m1/s1. The van der Waals surface area contributed by atoms with E-state index >= 15 is 0 Å². The number of ether oxygens (including phenoxy) is 1. The largest absolute Gasteiger partial charge is 0.480 e. The molecular formula is C9H10BrNO6S2. The lowest BCUT2D eigenvalue weighted by Gasteiger charge is -2.09. The van der Waals surface area contributed by atoms with Gasteiger partial charge in [0.15, 0.2) is 0 Å². The lowest BCUT2D eigenvalue weighted by Crippen LogP contribution is -2.38. The minimum absolute atomic E-state index is 0.0951. The number of carboxylic acid groups (broad SMARTS) is 1. The fourth-order valence-corrected chi connectivity index (χ4v) is 4.76. The van der Waals surface area contributed by atoms with Gasteiger partial charge >= 0.3 is 11.9 Å². The second kappa shape index (κ2) is 5.99. The van der Waals surface area contributed by atoms with Crippen molar-refractivity contribution >= 4 is 49.2 Å². The Hall–Kier alpha value is -0.970. The summed E-state index contributed by atoms with van der Waals surface area (Å²) < 4.78 is 30.5. The van der Waals surface area contributed by atoms with Crippen molar-refractivity contribution < 1.29 is 27.9 Å². The van der Waals surface area contributed by atoms with Gasteiger partial charge in [-0.15, -0.1) is 11.3 Å². The molecule has 0 saturated carbocycles. The van der Waals surface area contributed by atoms with Crippen LogP contribution in [0.3, 0.4) is 0 Å². The highest BCUT2D eigenvalue weighted by atomic mass is 79.9. The Balaban J connectivity index is 3.12. The Bertz CT molecular complexity index is 608. The molecule has 1 aromatic rings. The Morgan fingerprint density at radius 2 is 2.11 bits per heavy atom. The Morgan fingerprint density at radius 3 is 2.58 bits per heavy atom. The van der Waals surface area contributed by atoms with E-state index in [1.807, 2.05) is 4.72 Å². The summed E-state index contributed by atoms with van der Waals surface area (Å²) in [5.41, 5.74) is 0. The highest BCUT2D eigenvalue weighted by Gasteiger charge is 2.27. The number of aliphatic carboxylic acids is 1. The SMILES string of the molecule is COC(=O)c1cc(S(=O)(=O)N[C@H](C)C(=O)O)c(Br)s1. The van der Waals surface area contributed by atoms with Gasteiger partial charge in [-0.1, -0.05) is 0 Å². The molecule has 19 heavy (non-hydrogen) atoms. The average Bonchev–Trinajstić information content (AvgIpc) is 2.70. The molecule has 0 aromatic carbocycles. The molecule has 0 bridgehead atoms. The van der Waals surface area contributed by atoms with Gasteiger partial charge in [-0.05, 0) is 28.9 Å². The molecule has 7 nitrogen and oxygen atoms in total. The molecular weight excluding hydrogens is 362 g/mol. The molecule has 0 aliphatic heterocycles. The van der Waals surface area contributed by atoms with Crippen LogP contribution in [0.2, 0.25) is 0 Å². The minimum atomic E-state index is -4.03. The molecule has 0 spiro atoms. The van der Waals surface area contributed by atoms with Crippen molar-refractivity contribution in [2.75, 3.05) is 7.11 Å². The molecule has 0 aliphatic carbocycles. The minimum Gasteiger partial charge on any atom is -0.480 e. The number of hydrogen-bond acceptors (Lipinski definition) is 6. The zero-order valence-corrected chi connectivity index (χ0v) is 13.1. The van der Waals surface area contributed by atoms with Crippen molar-refractivity contribution in [3.63, 3.8) is 0 Å². The van der Waals surface area contributed by atoms with Gasteiger partial charge in [0.25, 0.3) is 0 Å². The van der Waals surface area contributed by atoms with Gasteiger partial charge in [0.05, 0.1) is 10.9 Å². The third-order valence-electron chi connectivity index (χ3n) is 2.03. The summed E-state index contributed by atoms with van der Waals surface area (Å²) in [4.78, 5) is 21.8. The maximum atomic E-state index is 11.9.